The van der Waals surface area contributed by atoms with Crippen molar-refractivity contribution in [1.29, 1.82) is 0 Å². The molecule has 1 saturated heterocycles. The van der Waals surface area contributed by atoms with E-state index >= 15 is 0 Å². The summed E-state index contributed by atoms with van der Waals surface area (Å²) in [4.78, 5) is 23.1. The second-order valence-corrected chi connectivity index (χ2v) is 7.95. The highest BCUT2D eigenvalue weighted by Crippen LogP contribution is 2.31. The average Bonchev–Trinajstić information content (AvgIpc) is 2.78. The van der Waals surface area contributed by atoms with Crippen LogP contribution < -0.4 is 5.48 Å². The summed E-state index contributed by atoms with van der Waals surface area (Å²) in [7, 11) is 0. The number of hydroxylamine groups is 1. The van der Waals surface area contributed by atoms with Gasteiger partial charge >= 0.3 is 0 Å². The minimum absolute atomic E-state index is 0.326. The van der Waals surface area contributed by atoms with Crippen molar-refractivity contribution in [3.05, 3.63) is 60.0 Å². The number of hydrogen-bond acceptors (Lipinski definition) is 5. The number of benzene rings is 1. The minimum atomic E-state index is -0.564. The third kappa shape index (κ3) is 4.13. The summed E-state index contributed by atoms with van der Waals surface area (Å²) in [5.74, 6) is -0.0612. The number of nitrogens with zero attached hydrogens (tertiary/aromatic N) is 3. The van der Waals surface area contributed by atoms with Gasteiger partial charge in [0.25, 0.3) is 5.91 Å². The molecule has 4 rings (SSSR count). The van der Waals surface area contributed by atoms with E-state index in [-0.39, 0.29) is 0 Å². The largest absolute Gasteiger partial charge is 0.301 e. The summed E-state index contributed by atoms with van der Waals surface area (Å²) in [5.41, 5.74) is 6.14. The lowest BCUT2D eigenvalue weighted by Crippen LogP contribution is -2.37. The maximum Gasteiger partial charge on any atom is 0.276 e. The molecule has 0 bridgehead atoms. The fraction of sp³-hybridized carbons (Fsp3) is 0.348. The Kier molecular flexibility index (Phi) is 5.56. The van der Waals surface area contributed by atoms with Crippen molar-refractivity contribution >= 4 is 16.8 Å². The normalized spacial score (nSPS) is 15.7. The van der Waals surface area contributed by atoms with E-state index in [1.807, 2.05) is 30.5 Å². The van der Waals surface area contributed by atoms with Crippen LogP contribution in [0.15, 0.2) is 48.8 Å². The van der Waals surface area contributed by atoms with Gasteiger partial charge in [0.1, 0.15) is 0 Å². The Morgan fingerprint density at radius 2 is 1.86 bits per heavy atom. The summed E-state index contributed by atoms with van der Waals surface area (Å²) >= 11 is 0. The summed E-state index contributed by atoms with van der Waals surface area (Å²) in [5, 5.41) is 9.64. The van der Waals surface area contributed by atoms with Crippen molar-refractivity contribution in [1.82, 2.24) is 20.3 Å². The second-order valence-electron chi connectivity index (χ2n) is 7.95. The van der Waals surface area contributed by atoms with E-state index in [9.17, 15) is 4.79 Å². The Labute approximate surface area is 170 Å². The fourth-order valence-corrected chi connectivity index (χ4v) is 4.05. The van der Waals surface area contributed by atoms with Crippen molar-refractivity contribution in [3.8, 4) is 11.1 Å². The first kappa shape index (κ1) is 19.5. The van der Waals surface area contributed by atoms with E-state index in [0.717, 1.165) is 53.7 Å². The number of carbonyl (C=O) groups is 1. The number of amides is 1. The van der Waals surface area contributed by atoms with Gasteiger partial charge in [-0.05, 0) is 75.2 Å². The third-order valence-electron chi connectivity index (χ3n) is 5.84. The van der Waals surface area contributed by atoms with Crippen LogP contribution in [0.2, 0.25) is 0 Å². The van der Waals surface area contributed by atoms with Crippen LogP contribution >= 0.6 is 0 Å². The van der Waals surface area contributed by atoms with Gasteiger partial charge in [-0.15, -0.1) is 0 Å². The van der Waals surface area contributed by atoms with Crippen LogP contribution in [0.25, 0.3) is 22.0 Å². The quantitative estimate of drug-likeness (QED) is 0.520. The van der Waals surface area contributed by atoms with E-state index in [1.54, 1.807) is 11.5 Å². The number of piperidine rings is 1. The van der Waals surface area contributed by atoms with Crippen molar-refractivity contribution in [2.24, 2.45) is 0 Å². The zero-order valence-electron chi connectivity index (χ0n) is 16.8. The predicted octanol–water partition coefficient (Wildman–Crippen LogP) is 4.00. The fourth-order valence-electron chi connectivity index (χ4n) is 4.05. The first-order valence-electron chi connectivity index (χ1n) is 10.1. The smallest absolute Gasteiger partial charge is 0.276 e. The number of aromatic nitrogens is 2. The molecule has 3 aromatic rings. The van der Waals surface area contributed by atoms with Gasteiger partial charge in [-0.25, -0.2) is 5.48 Å². The zero-order chi connectivity index (χ0) is 20.4. The van der Waals surface area contributed by atoms with Crippen molar-refractivity contribution < 1.29 is 10.0 Å². The van der Waals surface area contributed by atoms with Crippen LogP contribution in [-0.2, 0) is 0 Å². The van der Waals surface area contributed by atoms with E-state index in [0.29, 0.717) is 17.5 Å². The van der Waals surface area contributed by atoms with Crippen LogP contribution in [-0.4, -0.2) is 45.1 Å². The first-order valence-corrected chi connectivity index (χ1v) is 10.1. The molecule has 0 unspecified atom stereocenters. The Balaban J connectivity index is 1.58. The molecular formula is C23H26N4O2. The first-order chi connectivity index (χ1) is 14.0. The highest BCUT2D eigenvalue weighted by molar-refractivity contribution is 5.97. The van der Waals surface area contributed by atoms with Gasteiger partial charge in [0.15, 0.2) is 0 Å². The third-order valence-corrected chi connectivity index (χ3v) is 5.84. The lowest BCUT2D eigenvalue weighted by atomic mass is 9.91. The number of hydrogen-bond donors (Lipinski definition) is 2. The Hall–Kier alpha value is -2.83. The molecule has 150 valence electrons. The number of fused-ring (bicyclic) bond motifs is 1. The molecule has 1 aliphatic rings. The van der Waals surface area contributed by atoms with Crippen molar-refractivity contribution in [2.45, 2.75) is 38.6 Å². The van der Waals surface area contributed by atoms with Gasteiger partial charge in [-0.2, -0.15) is 0 Å². The molecule has 1 fully saturated rings. The van der Waals surface area contributed by atoms with Gasteiger partial charge in [-0.1, -0.05) is 12.1 Å². The Bertz CT molecular complexity index is 1030. The molecule has 0 radical (unpaired) electrons. The molecule has 1 aliphatic heterocycles. The topological polar surface area (TPSA) is 78.4 Å². The van der Waals surface area contributed by atoms with E-state index in [2.05, 4.69) is 34.8 Å². The van der Waals surface area contributed by atoms with Gasteiger partial charge in [0, 0.05) is 35.4 Å². The lowest BCUT2D eigenvalue weighted by Gasteiger charge is -2.34. The van der Waals surface area contributed by atoms with Gasteiger partial charge < -0.3 is 4.90 Å². The van der Waals surface area contributed by atoms with Crippen LogP contribution in [0.1, 0.15) is 48.7 Å². The molecule has 6 heteroatoms. The number of nitrogens with one attached hydrogen (secondary N) is 1. The molecule has 2 aromatic heterocycles. The molecule has 0 atom stereocenters. The summed E-state index contributed by atoms with van der Waals surface area (Å²) < 4.78 is 0. The standard InChI is InChI=1S/C23H26N4O2/c1-15(2)27-9-6-16(7-10-27)21-13-18(5-8-24-21)17-3-4-19-11-20(23(28)26-29)14-25-22(19)12-17/h3-5,8,11-16,29H,6-7,9-10H2,1-2H3,(H,26,28). The maximum atomic E-state index is 11.6. The predicted molar refractivity (Wildman–Crippen MR) is 113 cm³/mol. The Morgan fingerprint density at radius 1 is 1.10 bits per heavy atom. The molecule has 0 aliphatic carbocycles. The molecule has 1 amide bonds. The number of pyridine rings is 2. The van der Waals surface area contributed by atoms with Crippen LogP contribution in [0, 0.1) is 0 Å². The zero-order valence-corrected chi connectivity index (χ0v) is 16.8. The monoisotopic (exact) mass is 390 g/mol. The SMILES string of the molecule is CC(C)N1CCC(c2cc(-c3ccc4cc(C(=O)NO)cnc4c3)ccn2)CC1. The van der Waals surface area contributed by atoms with Gasteiger partial charge in [0.05, 0.1) is 11.1 Å². The van der Waals surface area contributed by atoms with Gasteiger partial charge in [0.2, 0.25) is 0 Å². The molecule has 3 heterocycles. The molecule has 1 aromatic carbocycles. The lowest BCUT2D eigenvalue weighted by molar-refractivity contribution is 0.0706. The van der Waals surface area contributed by atoms with Crippen LogP contribution in [0.4, 0.5) is 0 Å². The second kappa shape index (κ2) is 8.27. The van der Waals surface area contributed by atoms with Crippen LogP contribution in [0.5, 0.6) is 0 Å². The average molecular weight is 390 g/mol. The molecule has 0 saturated carbocycles. The summed E-state index contributed by atoms with van der Waals surface area (Å²) in [6, 6.07) is 12.6. The highest BCUT2D eigenvalue weighted by Gasteiger charge is 2.23. The van der Waals surface area contributed by atoms with Crippen molar-refractivity contribution in [3.63, 3.8) is 0 Å². The van der Waals surface area contributed by atoms with Crippen LogP contribution in [0.3, 0.4) is 0 Å². The molecule has 2 N–H and O–H groups in total. The molecular weight excluding hydrogens is 364 g/mol. The minimum Gasteiger partial charge on any atom is -0.301 e. The summed E-state index contributed by atoms with van der Waals surface area (Å²) in [6.07, 6.45) is 5.65. The van der Waals surface area contributed by atoms with Crippen molar-refractivity contribution in [2.75, 3.05) is 13.1 Å². The number of carbonyl (C=O) groups excluding carboxylic acids is 1. The van der Waals surface area contributed by atoms with E-state index in [1.165, 1.54) is 6.20 Å². The molecule has 0 spiro atoms. The molecule has 29 heavy (non-hydrogen) atoms. The summed E-state index contributed by atoms with van der Waals surface area (Å²) in [6.45, 7) is 6.76. The van der Waals surface area contributed by atoms with E-state index in [4.69, 9.17) is 5.21 Å². The number of rotatable bonds is 4. The number of likely N-dealkylation sites (tertiary alicyclic amines) is 1. The highest BCUT2D eigenvalue weighted by atomic mass is 16.5. The maximum absolute atomic E-state index is 11.6. The van der Waals surface area contributed by atoms with Gasteiger partial charge in [-0.3, -0.25) is 20.0 Å². The molecule has 6 nitrogen and oxygen atoms in total. The van der Waals surface area contributed by atoms with E-state index < -0.39 is 5.91 Å². The Morgan fingerprint density at radius 3 is 2.59 bits per heavy atom.